The maximum absolute atomic E-state index is 13.6. The van der Waals surface area contributed by atoms with Crippen LogP contribution in [0.2, 0.25) is 5.02 Å². The second kappa shape index (κ2) is 7.66. The highest BCUT2D eigenvalue weighted by Gasteiger charge is 2.14. The maximum atomic E-state index is 13.6. The van der Waals surface area contributed by atoms with Crippen molar-refractivity contribution in [1.29, 1.82) is 0 Å². The first-order valence-electron chi connectivity index (χ1n) is 6.61. The molecule has 0 spiro atoms. The molecule has 0 atom stereocenters. The molecule has 2 rings (SSSR count). The number of amides is 1. The van der Waals surface area contributed by atoms with Crippen molar-refractivity contribution >= 4 is 17.5 Å². The Hall–Kier alpha value is -2.27. The third-order valence-corrected chi connectivity index (χ3v) is 3.22. The second-order valence-electron chi connectivity index (χ2n) is 4.38. The molecular formula is C16H15ClFNO3. The lowest BCUT2D eigenvalue weighted by Crippen LogP contribution is -2.29. The van der Waals surface area contributed by atoms with E-state index in [0.717, 1.165) is 5.75 Å². The standard InChI is InChI=1S/C16H15ClFNO3/c1-21-11-5-7-12(8-6-11)22-10-9-19-16(20)15-13(17)3-2-4-14(15)18/h2-8H,9-10H2,1H3,(H,19,20). The van der Waals surface area contributed by atoms with Gasteiger partial charge in [-0.1, -0.05) is 17.7 Å². The molecule has 0 fully saturated rings. The molecule has 6 heteroatoms. The summed E-state index contributed by atoms with van der Waals surface area (Å²) < 4.78 is 24.1. The Labute approximate surface area is 132 Å². The average Bonchev–Trinajstić information content (AvgIpc) is 2.52. The number of halogens is 2. The van der Waals surface area contributed by atoms with Gasteiger partial charge >= 0.3 is 0 Å². The largest absolute Gasteiger partial charge is 0.497 e. The molecule has 0 aromatic heterocycles. The lowest BCUT2D eigenvalue weighted by Gasteiger charge is -2.09. The molecular weight excluding hydrogens is 309 g/mol. The molecule has 0 heterocycles. The van der Waals surface area contributed by atoms with E-state index < -0.39 is 11.7 Å². The van der Waals surface area contributed by atoms with Crippen LogP contribution in [0, 0.1) is 5.82 Å². The van der Waals surface area contributed by atoms with E-state index in [1.165, 1.54) is 18.2 Å². The van der Waals surface area contributed by atoms with Crippen LogP contribution in [-0.2, 0) is 0 Å². The molecule has 0 aliphatic carbocycles. The summed E-state index contributed by atoms with van der Waals surface area (Å²) in [7, 11) is 1.58. The Morgan fingerprint density at radius 3 is 2.50 bits per heavy atom. The minimum Gasteiger partial charge on any atom is -0.497 e. The summed E-state index contributed by atoms with van der Waals surface area (Å²) in [6.07, 6.45) is 0. The van der Waals surface area contributed by atoms with Crippen LogP contribution >= 0.6 is 11.6 Å². The molecule has 0 radical (unpaired) electrons. The van der Waals surface area contributed by atoms with E-state index in [-0.39, 0.29) is 23.7 Å². The Morgan fingerprint density at radius 1 is 1.18 bits per heavy atom. The lowest BCUT2D eigenvalue weighted by molar-refractivity contribution is 0.0943. The number of nitrogens with one attached hydrogen (secondary N) is 1. The zero-order chi connectivity index (χ0) is 15.9. The minimum absolute atomic E-state index is 0.0774. The van der Waals surface area contributed by atoms with E-state index >= 15 is 0 Å². The first-order valence-corrected chi connectivity index (χ1v) is 6.98. The van der Waals surface area contributed by atoms with Crippen molar-refractivity contribution < 1.29 is 18.7 Å². The summed E-state index contributed by atoms with van der Waals surface area (Å²) in [5.74, 6) is 0.163. The summed E-state index contributed by atoms with van der Waals surface area (Å²) in [5, 5.41) is 2.64. The highest BCUT2D eigenvalue weighted by Crippen LogP contribution is 2.19. The van der Waals surface area contributed by atoms with Gasteiger partial charge in [-0.2, -0.15) is 0 Å². The van der Waals surface area contributed by atoms with Crippen LogP contribution in [0.4, 0.5) is 4.39 Å². The summed E-state index contributed by atoms with van der Waals surface area (Å²) >= 11 is 5.82. The second-order valence-corrected chi connectivity index (χ2v) is 4.78. The number of benzene rings is 2. The van der Waals surface area contributed by atoms with Crippen LogP contribution in [0.3, 0.4) is 0 Å². The first kappa shape index (κ1) is 16.1. The predicted molar refractivity (Wildman–Crippen MR) is 82.2 cm³/mol. The summed E-state index contributed by atoms with van der Waals surface area (Å²) in [5.41, 5.74) is -0.159. The SMILES string of the molecule is COc1ccc(OCCNC(=O)c2c(F)cccc2Cl)cc1. The molecule has 2 aromatic carbocycles. The molecule has 22 heavy (non-hydrogen) atoms. The number of carbonyl (C=O) groups excluding carboxylic acids is 1. The number of hydrogen-bond donors (Lipinski definition) is 1. The summed E-state index contributed by atoms with van der Waals surface area (Å²) in [6.45, 7) is 0.486. The molecule has 0 saturated heterocycles. The Kier molecular flexibility index (Phi) is 5.61. The number of ether oxygens (including phenoxy) is 2. The van der Waals surface area contributed by atoms with Crippen molar-refractivity contribution in [3.63, 3.8) is 0 Å². The maximum Gasteiger partial charge on any atom is 0.255 e. The van der Waals surface area contributed by atoms with Crippen molar-refractivity contribution in [2.75, 3.05) is 20.3 Å². The van der Waals surface area contributed by atoms with Crippen LogP contribution < -0.4 is 14.8 Å². The monoisotopic (exact) mass is 323 g/mol. The van der Waals surface area contributed by atoms with Gasteiger partial charge in [0, 0.05) is 0 Å². The van der Waals surface area contributed by atoms with Gasteiger partial charge in [0.1, 0.15) is 23.9 Å². The van der Waals surface area contributed by atoms with Gasteiger partial charge in [-0.25, -0.2) is 4.39 Å². The molecule has 0 aliphatic rings. The number of hydrogen-bond acceptors (Lipinski definition) is 3. The summed E-state index contributed by atoms with van der Waals surface area (Å²) in [6, 6.07) is 11.2. The van der Waals surface area contributed by atoms with Crippen molar-refractivity contribution in [3.05, 3.63) is 58.9 Å². The van der Waals surface area contributed by atoms with E-state index in [1.54, 1.807) is 31.4 Å². The van der Waals surface area contributed by atoms with Gasteiger partial charge in [-0.15, -0.1) is 0 Å². The Balaban J connectivity index is 1.82. The average molecular weight is 324 g/mol. The number of methoxy groups -OCH3 is 1. The number of rotatable bonds is 6. The van der Waals surface area contributed by atoms with Crippen LogP contribution in [0.25, 0.3) is 0 Å². The highest BCUT2D eigenvalue weighted by atomic mass is 35.5. The Bertz CT molecular complexity index is 626. The molecule has 0 aliphatic heterocycles. The fourth-order valence-electron chi connectivity index (χ4n) is 1.81. The van der Waals surface area contributed by atoms with E-state index in [1.807, 2.05) is 0 Å². The van der Waals surface area contributed by atoms with Gasteiger partial charge in [0.2, 0.25) is 0 Å². The van der Waals surface area contributed by atoms with Crippen LogP contribution in [0.15, 0.2) is 42.5 Å². The molecule has 1 N–H and O–H groups in total. The molecule has 4 nitrogen and oxygen atoms in total. The molecule has 0 bridgehead atoms. The minimum atomic E-state index is -0.652. The lowest BCUT2D eigenvalue weighted by atomic mass is 10.2. The van der Waals surface area contributed by atoms with Gasteiger partial charge in [-0.3, -0.25) is 4.79 Å². The third kappa shape index (κ3) is 4.11. The third-order valence-electron chi connectivity index (χ3n) is 2.91. The van der Waals surface area contributed by atoms with Crippen LogP contribution in [0.1, 0.15) is 10.4 Å². The van der Waals surface area contributed by atoms with Crippen molar-refractivity contribution in [2.24, 2.45) is 0 Å². The van der Waals surface area contributed by atoms with Crippen molar-refractivity contribution in [3.8, 4) is 11.5 Å². The van der Waals surface area contributed by atoms with Crippen molar-refractivity contribution in [1.82, 2.24) is 5.32 Å². The first-order chi connectivity index (χ1) is 10.6. The fraction of sp³-hybridized carbons (Fsp3) is 0.188. The van der Waals surface area contributed by atoms with Gasteiger partial charge < -0.3 is 14.8 Å². The zero-order valence-electron chi connectivity index (χ0n) is 11.9. The molecule has 116 valence electrons. The summed E-state index contributed by atoms with van der Waals surface area (Å²) in [4.78, 5) is 11.9. The Morgan fingerprint density at radius 2 is 1.86 bits per heavy atom. The van der Waals surface area contributed by atoms with Gasteiger partial charge in [0.25, 0.3) is 5.91 Å². The van der Waals surface area contributed by atoms with E-state index in [0.29, 0.717) is 5.75 Å². The van der Waals surface area contributed by atoms with E-state index in [2.05, 4.69) is 5.32 Å². The van der Waals surface area contributed by atoms with Gasteiger partial charge in [-0.05, 0) is 36.4 Å². The van der Waals surface area contributed by atoms with Gasteiger partial charge in [0.15, 0.2) is 0 Å². The highest BCUT2D eigenvalue weighted by molar-refractivity contribution is 6.33. The van der Waals surface area contributed by atoms with Gasteiger partial charge in [0.05, 0.1) is 24.2 Å². The molecule has 1 amide bonds. The zero-order valence-corrected chi connectivity index (χ0v) is 12.7. The van der Waals surface area contributed by atoms with E-state index in [4.69, 9.17) is 21.1 Å². The quantitative estimate of drug-likeness (QED) is 0.830. The number of carbonyl (C=O) groups is 1. The topological polar surface area (TPSA) is 47.6 Å². The fourth-order valence-corrected chi connectivity index (χ4v) is 2.06. The smallest absolute Gasteiger partial charge is 0.255 e. The van der Waals surface area contributed by atoms with Crippen molar-refractivity contribution in [2.45, 2.75) is 0 Å². The van der Waals surface area contributed by atoms with Crippen LogP contribution in [-0.4, -0.2) is 26.2 Å². The van der Waals surface area contributed by atoms with Crippen LogP contribution in [0.5, 0.6) is 11.5 Å². The molecule has 0 saturated carbocycles. The molecule has 0 unspecified atom stereocenters. The molecule has 2 aromatic rings. The normalized spacial score (nSPS) is 10.1. The predicted octanol–water partition coefficient (Wildman–Crippen LogP) is 3.30. The van der Waals surface area contributed by atoms with E-state index in [9.17, 15) is 9.18 Å².